The summed E-state index contributed by atoms with van der Waals surface area (Å²) < 4.78 is 8.25. The maximum atomic E-state index is 6.17. The third kappa shape index (κ3) is 4.25. The van der Waals surface area contributed by atoms with Gasteiger partial charge in [-0.05, 0) is 85.5 Å². The molecule has 6 bridgehead atoms. The third-order valence-electron chi connectivity index (χ3n) is 8.64. The van der Waals surface area contributed by atoms with Gasteiger partial charge in [0.1, 0.15) is 12.4 Å². The summed E-state index contributed by atoms with van der Waals surface area (Å²) in [6, 6.07) is 24.4. The summed E-state index contributed by atoms with van der Waals surface area (Å²) in [7, 11) is 0. The van der Waals surface area contributed by atoms with Gasteiger partial charge in [0.15, 0.2) is 5.65 Å². The molecule has 2 aliphatic rings. The largest absolute Gasteiger partial charge is 0.490 e. The van der Waals surface area contributed by atoms with Crippen LogP contribution < -0.4 is 9.64 Å². The van der Waals surface area contributed by atoms with Crippen LogP contribution in [0.25, 0.3) is 39.3 Å². The molecule has 2 aliphatic heterocycles. The highest BCUT2D eigenvalue weighted by atomic mass is 16.5. The fraction of sp³-hybridized carbons (Fsp3) is 0.314. The summed E-state index contributed by atoms with van der Waals surface area (Å²) in [4.78, 5) is 7.54. The predicted octanol–water partition coefficient (Wildman–Crippen LogP) is 7.83. The number of rotatable bonds is 1. The Labute approximate surface area is 236 Å². The number of hydrogen-bond donors (Lipinski definition) is 0. The van der Waals surface area contributed by atoms with Gasteiger partial charge in [0, 0.05) is 29.4 Å². The van der Waals surface area contributed by atoms with Crippen LogP contribution in [0.1, 0.15) is 48.6 Å². The predicted molar refractivity (Wildman–Crippen MR) is 163 cm³/mol. The molecule has 0 atom stereocenters. The maximum absolute atomic E-state index is 6.17. The molecule has 5 aromatic rings. The van der Waals surface area contributed by atoms with Gasteiger partial charge >= 0.3 is 0 Å². The normalized spacial score (nSPS) is 14.9. The highest BCUT2D eigenvalue weighted by Crippen LogP contribution is 2.40. The van der Waals surface area contributed by atoms with Crippen molar-refractivity contribution in [3.63, 3.8) is 0 Å². The average Bonchev–Trinajstić information content (AvgIpc) is 3.39. The van der Waals surface area contributed by atoms with Crippen molar-refractivity contribution < 1.29 is 4.74 Å². The van der Waals surface area contributed by atoms with Crippen LogP contribution in [0.5, 0.6) is 5.75 Å². The zero-order valence-corrected chi connectivity index (χ0v) is 23.7. The Morgan fingerprint density at radius 3 is 2.62 bits per heavy atom. The Balaban J connectivity index is 1.48. The van der Waals surface area contributed by atoms with Crippen LogP contribution in [0.2, 0.25) is 0 Å². The number of aromatic nitrogens is 3. The summed E-state index contributed by atoms with van der Waals surface area (Å²) in [5, 5.41) is 5.22. The van der Waals surface area contributed by atoms with Crippen LogP contribution in [0.3, 0.4) is 0 Å². The average molecular weight is 529 g/mol. The summed E-state index contributed by atoms with van der Waals surface area (Å²) in [6.45, 7) is 9.23. The molecule has 4 heterocycles. The van der Waals surface area contributed by atoms with E-state index in [-0.39, 0.29) is 0 Å². The van der Waals surface area contributed by atoms with Gasteiger partial charge in [0.2, 0.25) is 0 Å². The minimum absolute atomic E-state index is 0.734. The lowest BCUT2D eigenvalue weighted by molar-refractivity contribution is 0.306. The second-order valence-electron chi connectivity index (χ2n) is 11.2. The van der Waals surface area contributed by atoms with Crippen LogP contribution in [-0.4, -0.2) is 34.3 Å². The first-order chi connectivity index (χ1) is 19.6. The first-order valence-corrected chi connectivity index (χ1v) is 14.7. The molecule has 0 saturated heterocycles. The lowest BCUT2D eigenvalue weighted by atomic mass is 9.94. The zero-order valence-electron chi connectivity index (χ0n) is 23.7. The smallest absolute Gasteiger partial charge is 0.156 e. The Bertz CT molecular complexity index is 1730. The molecule has 3 aromatic carbocycles. The van der Waals surface area contributed by atoms with Crippen LogP contribution in [0.15, 0.2) is 66.7 Å². The van der Waals surface area contributed by atoms with Crippen molar-refractivity contribution >= 4 is 11.3 Å². The third-order valence-corrected chi connectivity index (χ3v) is 8.64. The molecule has 40 heavy (non-hydrogen) atoms. The first kappa shape index (κ1) is 24.9. The van der Waals surface area contributed by atoms with E-state index in [1.165, 1.54) is 58.3 Å². The molecule has 0 radical (unpaired) electrons. The quantitative estimate of drug-likeness (QED) is 0.222. The molecule has 202 valence electrons. The van der Waals surface area contributed by atoms with Gasteiger partial charge in [0.25, 0.3) is 0 Å². The van der Waals surface area contributed by atoms with E-state index in [1.807, 2.05) is 0 Å². The number of aryl methyl sites for hydroxylation is 3. The zero-order chi connectivity index (χ0) is 27.2. The van der Waals surface area contributed by atoms with Crippen molar-refractivity contribution in [2.75, 3.05) is 24.6 Å². The summed E-state index contributed by atoms with van der Waals surface area (Å²) in [5.41, 5.74) is 14.0. The van der Waals surface area contributed by atoms with E-state index in [4.69, 9.17) is 14.8 Å². The van der Waals surface area contributed by atoms with Crippen molar-refractivity contribution in [1.29, 1.82) is 0 Å². The molecule has 7 rings (SSSR count). The second-order valence-corrected chi connectivity index (χ2v) is 11.2. The molecule has 0 amide bonds. The fourth-order valence-corrected chi connectivity index (χ4v) is 6.56. The molecular formula is C35H36N4O. The summed E-state index contributed by atoms with van der Waals surface area (Å²) in [5.74, 6) is 0.994. The number of nitrogens with zero attached hydrogens (tertiary/aromatic N) is 4. The van der Waals surface area contributed by atoms with E-state index in [9.17, 15) is 0 Å². The molecule has 0 spiro atoms. The lowest BCUT2D eigenvalue weighted by Crippen LogP contribution is -2.33. The van der Waals surface area contributed by atoms with Gasteiger partial charge in [-0.1, -0.05) is 55.8 Å². The van der Waals surface area contributed by atoms with E-state index in [0.717, 1.165) is 66.6 Å². The van der Waals surface area contributed by atoms with Gasteiger partial charge in [0.05, 0.1) is 23.6 Å². The van der Waals surface area contributed by atoms with Crippen molar-refractivity contribution in [3.8, 4) is 39.4 Å². The number of ether oxygens (including phenoxy) is 1. The first-order valence-electron chi connectivity index (χ1n) is 14.7. The van der Waals surface area contributed by atoms with E-state index in [1.54, 1.807) is 0 Å². The lowest BCUT2D eigenvalue weighted by Gasteiger charge is -2.32. The summed E-state index contributed by atoms with van der Waals surface area (Å²) in [6.07, 6.45) is 5.54. The monoisotopic (exact) mass is 528 g/mol. The molecule has 0 N–H and O–H groups in total. The van der Waals surface area contributed by atoms with Gasteiger partial charge in [-0.2, -0.15) is 5.10 Å². The van der Waals surface area contributed by atoms with Crippen LogP contribution in [-0.2, 0) is 12.8 Å². The molecule has 0 unspecified atom stereocenters. The maximum Gasteiger partial charge on any atom is 0.156 e. The van der Waals surface area contributed by atoms with Crippen molar-refractivity contribution in [2.45, 2.75) is 52.9 Å². The van der Waals surface area contributed by atoms with E-state index >= 15 is 0 Å². The molecule has 0 aliphatic carbocycles. The molecule has 0 saturated carbocycles. The van der Waals surface area contributed by atoms with Crippen molar-refractivity contribution in [2.24, 2.45) is 0 Å². The van der Waals surface area contributed by atoms with Crippen LogP contribution in [0.4, 0.5) is 5.69 Å². The van der Waals surface area contributed by atoms with Crippen molar-refractivity contribution in [1.82, 2.24) is 14.6 Å². The van der Waals surface area contributed by atoms with Gasteiger partial charge in [-0.3, -0.25) is 0 Å². The van der Waals surface area contributed by atoms with Crippen LogP contribution in [0, 0.1) is 13.8 Å². The highest BCUT2D eigenvalue weighted by Gasteiger charge is 2.24. The van der Waals surface area contributed by atoms with Crippen LogP contribution >= 0.6 is 0 Å². The standard InChI is InChI=1S/C35H36N4O/c1-4-28-24(3)36-34-22-31-27-14-10-13-26(20-27)29-15-8-7-12-25(29)11-6-5-9-16-38-17-18-40-33-19-23(2)30(21-32(33)38)35(28)39(34)37-31/h7-8,10,12-15,19-22H,4-6,9,11,16-18H2,1-3H3. The number of anilines is 1. The number of hydrogen-bond acceptors (Lipinski definition) is 4. The minimum Gasteiger partial charge on any atom is -0.490 e. The topological polar surface area (TPSA) is 42.7 Å². The molecule has 5 nitrogen and oxygen atoms in total. The Morgan fingerprint density at radius 1 is 0.850 bits per heavy atom. The Morgan fingerprint density at radius 2 is 1.73 bits per heavy atom. The van der Waals surface area contributed by atoms with Gasteiger partial charge in [-0.15, -0.1) is 0 Å². The molecule has 5 heteroatoms. The van der Waals surface area contributed by atoms with E-state index < -0.39 is 0 Å². The SMILES string of the molecule is CCc1c(C)nc2cc3nn2c1-c1cc2c(cc1C)OCCN2CCCCCc1ccccc1-c1cccc-3c1. The van der Waals surface area contributed by atoms with E-state index in [0.29, 0.717) is 0 Å². The second kappa shape index (κ2) is 10.1. The van der Waals surface area contributed by atoms with E-state index in [2.05, 4.69) is 96.9 Å². The number of fused-ring (bicyclic) bond motifs is 8. The number of benzene rings is 3. The molecule has 2 aromatic heterocycles. The van der Waals surface area contributed by atoms with Crippen molar-refractivity contribution in [3.05, 3.63) is 89.1 Å². The Kier molecular flexibility index (Phi) is 6.30. The minimum atomic E-state index is 0.734. The Hall–Kier alpha value is -4.12. The fourth-order valence-electron chi connectivity index (χ4n) is 6.56. The molecular weight excluding hydrogens is 492 g/mol. The van der Waals surface area contributed by atoms with Gasteiger partial charge in [-0.25, -0.2) is 9.50 Å². The van der Waals surface area contributed by atoms with Gasteiger partial charge < -0.3 is 9.64 Å². The highest BCUT2D eigenvalue weighted by molar-refractivity contribution is 5.80. The summed E-state index contributed by atoms with van der Waals surface area (Å²) >= 11 is 0. The molecule has 0 fully saturated rings.